The molecule has 1 aromatic heterocycles. The van der Waals surface area contributed by atoms with Crippen LogP contribution in [0.2, 0.25) is 0 Å². The number of rotatable bonds is 3. The van der Waals surface area contributed by atoms with Crippen LogP contribution in [0.15, 0.2) is 41.2 Å². The fraction of sp³-hybridized carbons (Fsp3) is 0.200. The number of nitrogens with one attached hydrogen (secondary N) is 1. The van der Waals surface area contributed by atoms with Crippen molar-refractivity contribution in [1.82, 2.24) is 9.97 Å². The number of hydrogen-bond donors (Lipinski definition) is 2. The lowest BCUT2D eigenvalue weighted by Gasteiger charge is -2.20. The van der Waals surface area contributed by atoms with E-state index in [0.29, 0.717) is 29.9 Å². The monoisotopic (exact) mass is 350 g/mol. The number of phenolic OH excluding ortho intramolecular Hbond substituents is 1. The van der Waals surface area contributed by atoms with E-state index in [4.69, 9.17) is 9.47 Å². The van der Waals surface area contributed by atoms with Crippen LogP contribution in [0.25, 0.3) is 11.4 Å². The molecule has 0 amide bonds. The third-order valence-electron chi connectivity index (χ3n) is 4.39. The van der Waals surface area contributed by atoms with Crippen LogP contribution in [-0.2, 0) is 6.42 Å². The highest BCUT2D eigenvalue weighted by molar-refractivity contribution is 5.68. The van der Waals surface area contributed by atoms with Crippen LogP contribution in [-0.4, -0.2) is 21.7 Å². The summed E-state index contributed by atoms with van der Waals surface area (Å²) >= 11 is 0. The number of benzene rings is 2. The zero-order valence-electron chi connectivity index (χ0n) is 14.5. The summed E-state index contributed by atoms with van der Waals surface area (Å²) in [5, 5.41) is 10.4. The van der Waals surface area contributed by atoms with Crippen molar-refractivity contribution in [3.63, 3.8) is 0 Å². The molecule has 0 radical (unpaired) electrons. The SMILES string of the molecule is CCOc1cccc(-c2nc3c(c(=O)[nH]2)Cc2cccc(C)c2O3)c1O. The van der Waals surface area contributed by atoms with Gasteiger partial charge in [0, 0.05) is 6.42 Å². The van der Waals surface area contributed by atoms with Crippen molar-refractivity contribution in [2.24, 2.45) is 0 Å². The molecule has 132 valence electrons. The molecule has 6 heteroatoms. The average molecular weight is 350 g/mol. The molecule has 2 aromatic carbocycles. The van der Waals surface area contributed by atoms with Gasteiger partial charge < -0.3 is 19.6 Å². The number of aromatic nitrogens is 2. The molecule has 2 heterocycles. The molecule has 0 aliphatic carbocycles. The molecule has 26 heavy (non-hydrogen) atoms. The van der Waals surface area contributed by atoms with Gasteiger partial charge in [-0.25, -0.2) is 0 Å². The van der Waals surface area contributed by atoms with Gasteiger partial charge in [0.15, 0.2) is 11.5 Å². The fourth-order valence-electron chi connectivity index (χ4n) is 3.12. The number of aromatic amines is 1. The first-order valence-corrected chi connectivity index (χ1v) is 8.43. The molecule has 0 unspecified atom stereocenters. The predicted octanol–water partition coefficient (Wildman–Crippen LogP) is 3.55. The normalized spacial score (nSPS) is 12.1. The Kier molecular flexibility index (Phi) is 3.88. The van der Waals surface area contributed by atoms with Gasteiger partial charge in [-0.1, -0.05) is 24.3 Å². The third-order valence-corrected chi connectivity index (χ3v) is 4.39. The van der Waals surface area contributed by atoms with Crippen LogP contribution in [0, 0.1) is 6.92 Å². The summed E-state index contributed by atoms with van der Waals surface area (Å²) in [4.78, 5) is 19.8. The van der Waals surface area contributed by atoms with Gasteiger partial charge in [0.05, 0.1) is 17.7 Å². The summed E-state index contributed by atoms with van der Waals surface area (Å²) in [7, 11) is 0. The summed E-state index contributed by atoms with van der Waals surface area (Å²) < 4.78 is 11.3. The number of nitrogens with zero attached hydrogens (tertiary/aromatic N) is 1. The van der Waals surface area contributed by atoms with Gasteiger partial charge in [-0.15, -0.1) is 0 Å². The number of para-hydroxylation sites is 2. The van der Waals surface area contributed by atoms with E-state index in [9.17, 15) is 9.90 Å². The molecule has 0 atom stereocenters. The maximum atomic E-state index is 12.6. The van der Waals surface area contributed by atoms with Crippen molar-refractivity contribution < 1.29 is 14.6 Å². The number of fused-ring (bicyclic) bond motifs is 2. The Bertz CT molecular complexity index is 1060. The molecule has 0 bridgehead atoms. The summed E-state index contributed by atoms with van der Waals surface area (Å²) in [5.41, 5.74) is 2.53. The van der Waals surface area contributed by atoms with E-state index >= 15 is 0 Å². The molecular formula is C20H18N2O4. The first-order chi connectivity index (χ1) is 12.6. The van der Waals surface area contributed by atoms with Crippen molar-refractivity contribution >= 4 is 0 Å². The van der Waals surface area contributed by atoms with E-state index < -0.39 is 0 Å². The number of aryl methyl sites for hydroxylation is 1. The van der Waals surface area contributed by atoms with Crippen LogP contribution >= 0.6 is 0 Å². The minimum absolute atomic E-state index is 0.0650. The van der Waals surface area contributed by atoms with E-state index in [2.05, 4.69) is 9.97 Å². The maximum absolute atomic E-state index is 12.6. The van der Waals surface area contributed by atoms with Gasteiger partial charge in [-0.2, -0.15) is 4.98 Å². The molecule has 0 spiro atoms. The summed E-state index contributed by atoms with van der Waals surface area (Å²) in [6.45, 7) is 4.21. The van der Waals surface area contributed by atoms with E-state index in [1.807, 2.05) is 32.0 Å². The van der Waals surface area contributed by atoms with Gasteiger partial charge in [-0.05, 0) is 37.1 Å². The van der Waals surface area contributed by atoms with Gasteiger partial charge in [-0.3, -0.25) is 4.79 Å². The third kappa shape index (κ3) is 2.60. The molecule has 4 rings (SSSR count). The van der Waals surface area contributed by atoms with Crippen LogP contribution in [0.5, 0.6) is 23.1 Å². The Morgan fingerprint density at radius 3 is 2.88 bits per heavy atom. The molecule has 6 nitrogen and oxygen atoms in total. The number of hydrogen-bond acceptors (Lipinski definition) is 5. The molecule has 0 saturated heterocycles. The molecule has 0 saturated carbocycles. The fourth-order valence-corrected chi connectivity index (χ4v) is 3.12. The van der Waals surface area contributed by atoms with Crippen molar-refractivity contribution in [2.45, 2.75) is 20.3 Å². The van der Waals surface area contributed by atoms with Crippen molar-refractivity contribution in [2.75, 3.05) is 6.61 Å². The Morgan fingerprint density at radius 1 is 1.27 bits per heavy atom. The number of ether oxygens (including phenoxy) is 2. The Morgan fingerprint density at radius 2 is 2.08 bits per heavy atom. The van der Waals surface area contributed by atoms with Crippen LogP contribution in [0.4, 0.5) is 0 Å². The van der Waals surface area contributed by atoms with Gasteiger partial charge in [0.1, 0.15) is 11.6 Å². The lowest BCUT2D eigenvalue weighted by atomic mass is 10.0. The second kappa shape index (κ2) is 6.22. The summed E-state index contributed by atoms with van der Waals surface area (Å²) in [6.07, 6.45) is 0.458. The molecular weight excluding hydrogens is 332 g/mol. The quantitative estimate of drug-likeness (QED) is 0.590. The predicted molar refractivity (Wildman–Crippen MR) is 97.2 cm³/mol. The highest BCUT2D eigenvalue weighted by atomic mass is 16.5. The lowest BCUT2D eigenvalue weighted by Crippen LogP contribution is -2.20. The van der Waals surface area contributed by atoms with Gasteiger partial charge in [0.2, 0.25) is 5.88 Å². The van der Waals surface area contributed by atoms with Crippen molar-refractivity contribution in [3.8, 4) is 34.5 Å². The Labute approximate surface area is 150 Å². The number of H-pyrrole nitrogens is 1. The minimum Gasteiger partial charge on any atom is -0.504 e. The molecule has 3 aromatic rings. The molecule has 1 aliphatic rings. The Hall–Kier alpha value is -3.28. The standard InChI is InChI=1S/C20H18N2O4/c1-3-25-15-9-5-8-13(16(15)23)18-21-19(24)14-10-12-7-4-6-11(2)17(12)26-20(14)22-18/h4-9,23H,3,10H2,1-2H3,(H,21,22,24). The highest BCUT2D eigenvalue weighted by Crippen LogP contribution is 2.39. The van der Waals surface area contributed by atoms with E-state index in [1.54, 1.807) is 18.2 Å². The zero-order valence-corrected chi connectivity index (χ0v) is 14.5. The topological polar surface area (TPSA) is 84.4 Å². The largest absolute Gasteiger partial charge is 0.504 e. The summed E-state index contributed by atoms with van der Waals surface area (Å²) in [5.74, 6) is 1.52. The van der Waals surface area contributed by atoms with Crippen LogP contribution in [0.3, 0.4) is 0 Å². The van der Waals surface area contributed by atoms with E-state index in [-0.39, 0.29) is 23.0 Å². The van der Waals surface area contributed by atoms with Crippen LogP contribution in [0.1, 0.15) is 23.6 Å². The average Bonchev–Trinajstić information content (AvgIpc) is 2.63. The van der Waals surface area contributed by atoms with Crippen molar-refractivity contribution in [3.05, 3.63) is 63.4 Å². The zero-order chi connectivity index (χ0) is 18.3. The Balaban J connectivity index is 1.82. The van der Waals surface area contributed by atoms with E-state index in [0.717, 1.165) is 16.9 Å². The highest BCUT2D eigenvalue weighted by Gasteiger charge is 2.24. The minimum atomic E-state index is -0.279. The molecule has 0 fully saturated rings. The first-order valence-electron chi connectivity index (χ1n) is 8.43. The van der Waals surface area contributed by atoms with Gasteiger partial charge >= 0.3 is 0 Å². The second-order valence-corrected chi connectivity index (χ2v) is 6.13. The molecule has 1 aliphatic heterocycles. The number of aromatic hydroxyl groups is 1. The lowest BCUT2D eigenvalue weighted by molar-refractivity contribution is 0.318. The van der Waals surface area contributed by atoms with Crippen molar-refractivity contribution in [1.29, 1.82) is 0 Å². The maximum Gasteiger partial charge on any atom is 0.258 e. The number of phenols is 1. The van der Waals surface area contributed by atoms with Gasteiger partial charge in [0.25, 0.3) is 5.56 Å². The summed E-state index contributed by atoms with van der Waals surface area (Å²) in [6, 6.07) is 10.9. The van der Waals surface area contributed by atoms with Crippen LogP contribution < -0.4 is 15.0 Å². The second-order valence-electron chi connectivity index (χ2n) is 6.13. The molecule has 2 N–H and O–H groups in total. The van der Waals surface area contributed by atoms with E-state index in [1.165, 1.54) is 0 Å². The smallest absolute Gasteiger partial charge is 0.258 e. The first kappa shape index (κ1) is 16.2.